The standard InChI is InChI=1S/C12H10.C2H3N3.CH5N/c1-3-7-11(8-4-1)12-9-5-2-6-10-12;1-2-4-5-3-1;1-2/h1-10H;1-2H,(H,3,4,5);2H2,1H3. The van der Waals surface area contributed by atoms with Crippen LogP contribution in [-0.2, 0) is 0 Å². The fourth-order valence-corrected chi connectivity index (χ4v) is 1.43. The first kappa shape index (κ1) is 14.6. The van der Waals surface area contributed by atoms with Gasteiger partial charge in [0.25, 0.3) is 0 Å². The van der Waals surface area contributed by atoms with Crippen molar-refractivity contribution >= 4 is 0 Å². The molecule has 4 nitrogen and oxygen atoms in total. The molecule has 0 saturated carbocycles. The second-order valence-corrected chi connectivity index (χ2v) is 3.39. The van der Waals surface area contributed by atoms with Crippen LogP contribution in [0.4, 0.5) is 0 Å². The number of rotatable bonds is 1. The zero-order valence-electron chi connectivity index (χ0n) is 10.9. The Bertz CT molecular complexity index is 452. The van der Waals surface area contributed by atoms with Crippen molar-refractivity contribution in [1.82, 2.24) is 15.4 Å². The Balaban J connectivity index is 0.000000216. The number of hydrogen-bond donors (Lipinski definition) is 2. The third-order valence-electron chi connectivity index (χ3n) is 2.21. The van der Waals surface area contributed by atoms with Crippen LogP contribution in [0.3, 0.4) is 0 Å². The van der Waals surface area contributed by atoms with Crippen molar-refractivity contribution in [3.05, 3.63) is 73.1 Å². The maximum Gasteiger partial charge on any atom is 0.0690 e. The lowest BCUT2D eigenvalue weighted by Crippen LogP contribution is -1.73. The topological polar surface area (TPSA) is 67.6 Å². The fourth-order valence-electron chi connectivity index (χ4n) is 1.43. The molecule has 0 atom stereocenters. The number of aromatic nitrogens is 3. The van der Waals surface area contributed by atoms with Crippen LogP contribution >= 0.6 is 0 Å². The highest BCUT2D eigenvalue weighted by atomic mass is 15.3. The molecular weight excluding hydrogens is 236 g/mol. The Morgan fingerprint density at radius 1 is 0.684 bits per heavy atom. The Hall–Kier alpha value is -2.46. The van der Waals surface area contributed by atoms with E-state index in [9.17, 15) is 0 Å². The molecule has 0 unspecified atom stereocenters. The van der Waals surface area contributed by atoms with Crippen molar-refractivity contribution < 1.29 is 0 Å². The van der Waals surface area contributed by atoms with Gasteiger partial charge >= 0.3 is 0 Å². The third-order valence-corrected chi connectivity index (χ3v) is 2.21. The molecule has 0 aliphatic heterocycles. The van der Waals surface area contributed by atoms with Crippen molar-refractivity contribution in [3.63, 3.8) is 0 Å². The van der Waals surface area contributed by atoms with E-state index in [4.69, 9.17) is 0 Å². The monoisotopic (exact) mass is 254 g/mol. The van der Waals surface area contributed by atoms with E-state index in [-0.39, 0.29) is 0 Å². The van der Waals surface area contributed by atoms with Gasteiger partial charge in [0.05, 0.1) is 12.4 Å². The minimum absolute atomic E-state index is 1.28. The van der Waals surface area contributed by atoms with E-state index in [2.05, 4.69) is 69.7 Å². The van der Waals surface area contributed by atoms with Crippen LogP contribution in [-0.4, -0.2) is 22.5 Å². The van der Waals surface area contributed by atoms with Crippen molar-refractivity contribution in [2.75, 3.05) is 7.05 Å². The van der Waals surface area contributed by atoms with Crippen LogP contribution in [0.25, 0.3) is 11.1 Å². The highest BCUT2D eigenvalue weighted by molar-refractivity contribution is 5.62. The molecule has 4 heteroatoms. The van der Waals surface area contributed by atoms with E-state index >= 15 is 0 Å². The SMILES string of the molecule is CN.c1ccc(-c2ccccc2)cc1.c1cn[nH]n1. The quantitative estimate of drug-likeness (QED) is 0.701. The van der Waals surface area contributed by atoms with Gasteiger partial charge in [0, 0.05) is 0 Å². The number of nitrogens with two attached hydrogens (primary N) is 1. The van der Waals surface area contributed by atoms with E-state index in [0.29, 0.717) is 0 Å². The van der Waals surface area contributed by atoms with Gasteiger partial charge in [0.1, 0.15) is 0 Å². The lowest BCUT2D eigenvalue weighted by Gasteiger charge is -1.98. The Kier molecular flexibility index (Phi) is 7.34. The van der Waals surface area contributed by atoms with Crippen molar-refractivity contribution in [1.29, 1.82) is 0 Å². The van der Waals surface area contributed by atoms with Gasteiger partial charge in [0.15, 0.2) is 0 Å². The zero-order valence-corrected chi connectivity index (χ0v) is 10.9. The molecule has 3 N–H and O–H groups in total. The fraction of sp³-hybridized carbons (Fsp3) is 0.0667. The van der Waals surface area contributed by atoms with E-state index in [1.54, 1.807) is 12.4 Å². The molecule has 0 amide bonds. The second kappa shape index (κ2) is 9.56. The summed E-state index contributed by atoms with van der Waals surface area (Å²) < 4.78 is 0. The van der Waals surface area contributed by atoms with Gasteiger partial charge in [-0.15, -0.1) is 0 Å². The first-order chi connectivity index (χ1) is 9.47. The predicted octanol–water partition coefficient (Wildman–Crippen LogP) is 2.73. The summed E-state index contributed by atoms with van der Waals surface area (Å²) in [4.78, 5) is 0. The number of H-pyrrole nitrogens is 1. The Labute approximate surface area is 113 Å². The van der Waals surface area contributed by atoms with E-state index < -0.39 is 0 Å². The van der Waals surface area contributed by atoms with Crippen LogP contribution in [0, 0.1) is 0 Å². The molecule has 3 rings (SSSR count). The average molecular weight is 254 g/mol. The predicted molar refractivity (Wildman–Crippen MR) is 78.4 cm³/mol. The van der Waals surface area contributed by atoms with Crippen LogP contribution in [0.5, 0.6) is 0 Å². The van der Waals surface area contributed by atoms with Gasteiger partial charge in [0.2, 0.25) is 0 Å². The van der Waals surface area contributed by atoms with Gasteiger partial charge < -0.3 is 5.73 Å². The maximum absolute atomic E-state index is 4.50. The van der Waals surface area contributed by atoms with Crippen molar-refractivity contribution in [2.24, 2.45) is 5.73 Å². The normalized spacial score (nSPS) is 8.53. The average Bonchev–Trinajstić information content (AvgIpc) is 3.11. The smallest absolute Gasteiger partial charge is 0.0690 e. The minimum Gasteiger partial charge on any atom is -0.333 e. The molecule has 1 heterocycles. The molecule has 98 valence electrons. The van der Waals surface area contributed by atoms with E-state index in [1.807, 2.05) is 12.1 Å². The molecule has 0 aliphatic carbocycles. The maximum atomic E-state index is 4.50. The molecule has 0 saturated heterocycles. The first-order valence-electron chi connectivity index (χ1n) is 5.95. The molecule has 3 aromatic rings. The number of nitrogens with zero attached hydrogens (tertiary/aromatic N) is 2. The summed E-state index contributed by atoms with van der Waals surface area (Å²) in [5.74, 6) is 0. The van der Waals surface area contributed by atoms with Gasteiger partial charge in [-0.2, -0.15) is 15.4 Å². The molecule has 0 aliphatic rings. The summed E-state index contributed by atoms with van der Waals surface area (Å²) in [6.45, 7) is 0. The van der Waals surface area contributed by atoms with E-state index in [0.717, 1.165) is 0 Å². The number of nitrogens with one attached hydrogen (secondary N) is 1. The van der Waals surface area contributed by atoms with Crippen molar-refractivity contribution in [2.45, 2.75) is 0 Å². The largest absolute Gasteiger partial charge is 0.333 e. The van der Waals surface area contributed by atoms with E-state index in [1.165, 1.54) is 18.2 Å². The molecule has 19 heavy (non-hydrogen) atoms. The van der Waals surface area contributed by atoms with Crippen LogP contribution in [0.15, 0.2) is 73.1 Å². The summed E-state index contributed by atoms with van der Waals surface area (Å²) >= 11 is 0. The third kappa shape index (κ3) is 5.61. The molecule has 0 spiro atoms. The van der Waals surface area contributed by atoms with Crippen LogP contribution < -0.4 is 5.73 Å². The van der Waals surface area contributed by atoms with Gasteiger partial charge in [-0.1, -0.05) is 60.7 Å². The number of aromatic amines is 1. The molecule has 0 fully saturated rings. The van der Waals surface area contributed by atoms with Crippen LogP contribution in [0.1, 0.15) is 0 Å². The van der Waals surface area contributed by atoms with Crippen molar-refractivity contribution in [3.8, 4) is 11.1 Å². The summed E-state index contributed by atoms with van der Waals surface area (Å²) in [5, 5.41) is 9.33. The van der Waals surface area contributed by atoms with Gasteiger partial charge in [-0.25, -0.2) is 0 Å². The molecule has 2 aromatic carbocycles. The van der Waals surface area contributed by atoms with Crippen LogP contribution in [0.2, 0.25) is 0 Å². The molecule has 0 bridgehead atoms. The summed E-state index contributed by atoms with van der Waals surface area (Å²) in [7, 11) is 1.50. The lowest BCUT2D eigenvalue weighted by molar-refractivity contribution is 0.940. The Morgan fingerprint density at radius 2 is 1.05 bits per heavy atom. The Morgan fingerprint density at radius 3 is 1.32 bits per heavy atom. The van der Waals surface area contributed by atoms with Gasteiger partial charge in [-0.3, -0.25) is 0 Å². The molecular formula is C15H18N4. The lowest BCUT2D eigenvalue weighted by atomic mass is 10.1. The summed E-state index contributed by atoms with van der Waals surface area (Å²) in [6, 6.07) is 20.8. The summed E-state index contributed by atoms with van der Waals surface area (Å²) in [6.07, 6.45) is 3.17. The highest BCUT2D eigenvalue weighted by Gasteiger charge is 1.91. The molecule has 0 radical (unpaired) electrons. The minimum atomic E-state index is 1.28. The summed E-state index contributed by atoms with van der Waals surface area (Å²) in [5.41, 5.74) is 7.05. The second-order valence-electron chi connectivity index (χ2n) is 3.39. The van der Waals surface area contributed by atoms with Gasteiger partial charge in [-0.05, 0) is 18.2 Å². The first-order valence-corrected chi connectivity index (χ1v) is 5.95. The highest BCUT2D eigenvalue weighted by Crippen LogP contribution is 2.17. The zero-order chi connectivity index (χ0) is 13.8. The molecule has 1 aromatic heterocycles. The number of benzene rings is 2. The number of hydrogen-bond acceptors (Lipinski definition) is 3.